The summed E-state index contributed by atoms with van der Waals surface area (Å²) in [4.78, 5) is 13.0. The van der Waals surface area contributed by atoms with E-state index in [0.29, 0.717) is 12.1 Å². The van der Waals surface area contributed by atoms with Gasteiger partial charge in [0.05, 0.1) is 34.9 Å². The Morgan fingerprint density at radius 1 is 1.20 bits per heavy atom. The summed E-state index contributed by atoms with van der Waals surface area (Å²) in [6.07, 6.45) is 0. The van der Waals surface area contributed by atoms with Crippen LogP contribution in [0.4, 0.5) is 5.69 Å². The second-order valence-corrected chi connectivity index (χ2v) is 7.57. The van der Waals surface area contributed by atoms with E-state index >= 15 is 0 Å². The summed E-state index contributed by atoms with van der Waals surface area (Å²) < 4.78 is 7.58. The Kier molecular flexibility index (Phi) is 5.53. The molecule has 0 aliphatic carbocycles. The molecule has 2 heterocycles. The van der Waals surface area contributed by atoms with Crippen molar-refractivity contribution in [2.75, 3.05) is 26.3 Å². The first-order valence-corrected chi connectivity index (χ1v) is 10.1. The Hall–Kier alpha value is -3.21. The highest BCUT2D eigenvalue weighted by Crippen LogP contribution is 2.36. The van der Waals surface area contributed by atoms with Gasteiger partial charge in [0.1, 0.15) is 6.07 Å². The Bertz CT molecular complexity index is 1140. The van der Waals surface area contributed by atoms with Crippen molar-refractivity contribution in [1.29, 1.82) is 5.26 Å². The van der Waals surface area contributed by atoms with E-state index in [1.54, 1.807) is 12.1 Å². The smallest absolute Gasteiger partial charge is 0.269 e. The number of rotatable bonds is 5. The minimum absolute atomic E-state index is 0.0417. The van der Waals surface area contributed by atoms with Gasteiger partial charge in [-0.25, -0.2) is 0 Å². The summed E-state index contributed by atoms with van der Waals surface area (Å²) in [5.74, 6) is 0. The molecule has 0 bridgehead atoms. The Labute approximate surface area is 175 Å². The number of hydrogen-bond donors (Lipinski definition) is 0. The second kappa shape index (κ2) is 8.27. The number of morpholine rings is 1. The monoisotopic (exact) mass is 404 g/mol. The van der Waals surface area contributed by atoms with Crippen LogP contribution in [0.15, 0.2) is 36.4 Å². The fourth-order valence-corrected chi connectivity index (χ4v) is 4.20. The zero-order chi connectivity index (χ0) is 21.3. The summed E-state index contributed by atoms with van der Waals surface area (Å²) in [6, 6.07) is 13.1. The summed E-state index contributed by atoms with van der Waals surface area (Å²) >= 11 is 0. The number of nitro groups is 1. The van der Waals surface area contributed by atoms with E-state index < -0.39 is 4.92 Å². The van der Waals surface area contributed by atoms with Gasteiger partial charge in [-0.2, -0.15) is 5.26 Å². The lowest BCUT2D eigenvalue weighted by atomic mass is 10.0. The van der Waals surface area contributed by atoms with Crippen LogP contribution in [0.1, 0.15) is 23.6 Å². The number of fused-ring (bicyclic) bond motifs is 1. The molecule has 1 aliphatic heterocycles. The van der Waals surface area contributed by atoms with Crippen molar-refractivity contribution in [3.63, 3.8) is 0 Å². The Balaban J connectivity index is 1.84. The van der Waals surface area contributed by atoms with E-state index in [-0.39, 0.29) is 5.69 Å². The number of nitrogens with zero attached hydrogens (tertiary/aromatic N) is 4. The molecule has 0 radical (unpaired) electrons. The third kappa shape index (κ3) is 3.56. The molecule has 4 rings (SSSR count). The molecule has 1 aliphatic rings. The zero-order valence-corrected chi connectivity index (χ0v) is 17.2. The molecule has 154 valence electrons. The largest absolute Gasteiger partial charge is 0.379 e. The lowest BCUT2D eigenvalue weighted by Gasteiger charge is -2.27. The van der Waals surface area contributed by atoms with Crippen LogP contribution in [0.5, 0.6) is 0 Å². The number of aryl methyl sites for hydroxylation is 2. The molecule has 7 heteroatoms. The SMILES string of the molecule is CCn1c(-c2ccc([N+](=O)[O-])cc2)c(C#N)c2cc(CN3CCOCC3)c(C)cc21. The van der Waals surface area contributed by atoms with Crippen LogP contribution < -0.4 is 0 Å². The molecule has 0 N–H and O–H groups in total. The van der Waals surface area contributed by atoms with Crippen LogP contribution >= 0.6 is 0 Å². The molecular formula is C23H24N4O3. The highest BCUT2D eigenvalue weighted by atomic mass is 16.6. The molecule has 2 aromatic carbocycles. The van der Waals surface area contributed by atoms with Crippen LogP contribution in [-0.4, -0.2) is 40.7 Å². The van der Waals surface area contributed by atoms with E-state index in [9.17, 15) is 15.4 Å². The van der Waals surface area contributed by atoms with E-state index in [4.69, 9.17) is 4.74 Å². The first kappa shape index (κ1) is 20.1. The lowest BCUT2D eigenvalue weighted by Crippen LogP contribution is -2.35. The number of benzene rings is 2. The van der Waals surface area contributed by atoms with Crippen molar-refractivity contribution in [2.45, 2.75) is 26.9 Å². The van der Waals surface area contributed by atoms with Gasteiger partial charge in [-0.1, -0.05) is 0 Å². The van der Waals surface area contributed by atoms with Crippen LogP contribution in [-0.2, 0) is 17.8 Å². The van der Waals surface area contributed by atoms with E-state index in [2.05, 4.69) is 34.6 Å². The molecule has 30 heavy (non-hydrogen) atoms. The van der Waals surface area contributed by atoms with Crippen LogP contribution in [0, 0.1) is 28.4 Å². The number of nitriles is 1. The summed E-state index contributed by atoms with van der Waals surface area (Å²) in [5.41, 5.74) is 5.70. The first-order valence-electron chi connectivity index (χ1n) is 10.1. The lowest BCUT2D eigenvalue weighted by molar-refractivity contribution is -0.384. The van der Waals surface area contributed by atoms with Crippen molar-refractivity contribution >= 4 is 16.6 Å². The maximum Gasteiger partial charge on any atom is 0.269 e. The molecule has 0 unspecified atom stereocenters. The van der Waals surface area contributed by atoms with Gasteiger partial charge in [0.25, 0.3) is 5.69 Å². The molecule has 1 aromatic heterocycles. The first-order chi connectivity index (χ1) is 14.5. The molecule has 0 amide bonds. The highest BCUT2D eigenvalue weighted by molar-refractivity contribution is 5.95. The fraction of sp³-hybridized carbons (Fsp3) is 0.348. The average Bonchev–Trinajstić information content (AvgIpc) is 3.07. The van der Waals surface area contributed by atoms with Crippen molar-refractivity contribution < 1.29 is 9.66 Å². The third-order valence-corrected chi connectivity index (χ3v) is 5.80. The molecule has 0 spiro atoms. The third-order valence-electron chi connectivity index (χ3n) is 5.80. The maximum absolute atomic E-state index is 11.0. The second-order valence-electron chi connectivity index (χ2n) is 7.57. The Morgan fingerprint density at radius 3 is 2.50 bits per heavy atom. The molecule has 0 atom stereocenters. The van der Waals surface area contributed by atoms with Crippen molar-refractivity contribution in [2.24, 2.45) is 0 Å². The van der Waals surface area contributed by atoms with Gasteiger partial charge in [0, 0.05) is 49.3 Å². The summed E-state index contributed by atoms with van der Waals surface area (Å²) in [5, 5.41) is 22.0. The number of aromatic nitrogens is 1. The fourth-order valence-electron chi connectivity index (χ4n) is 4.20. The van der Waals surface area contributed by atoms with Crippen LogP contribution in [0.2, 0.25) is 0 Å². The van der Waals surface area contributed by atoms with E-state index in [1.807, 2.05) is 6.92 Å². The van der Waals surface area contributed by atoms with E-state index in [0.717, 1.165) is 55.0 Å². The number of non-ortho nitro benzene ring substituents is 1. The quantitative estimate of drug-likeness (QED) is 0.469. The highest BCUT2D eigenvalue weighted by Gasteiger charge is 2.21. The zero-order valence-electron chi connectivity index (χ0n) is 17.2. The number of hydrogen-bond acceptors (Lipinski definition) is 5. The topological polar surface area (TPSA) is 84.3 Å². The van der Waals surface area contributed by atoms with Crippen molar-refractivity contribution in [3.05, 3.63) is 63.2 Å². The summed E-state index contributed by atoms with van der Waals surface area (Å²) in [7, 11) is 0. The average molecular weight is 404 g/mol. The minimum atomic E-state index is -0.411. The molecule has 1 saturated heterocycles. The van der Waals surface area contributed by atoms with Crippen LogP contribution in [0.25, 0.3) is 22.2 Å². The van der Waals surface area contributed by atoms with Gasteiger partial charge in [-0.15, -0.1) is 0 Å². The van der Waals surface area contributed by atoms with Gasteiger partial charge in [-0.05, 0) is 49.2 Å². The van der Waals surface area contributed by atoms with E-state index in [1.165, 1.54) is 23.3 Å². The Morgan fingerprint density at radius 2 is 1.90 bits per heavy atom. The van der Waals surface area contributed by atoms with Gasteiger partial charge >= 0.3 is 0 Å². The van der Waals surface area contributed by atoms with Crippen LogP contribution in [0.3, 0.4) is 0 Å². The minimum Gasteiger partial charge on any atom is -0.379 e. The van der Waals surface area contributed by atoms with Gasteiger partial charge in [0.15, 0.2) is 0 Å². The molecule has 3 aromatic rings. The summed E-state index contributed by atoms with van der Waals surface area (Å²) in [6.45, 7) is 9.01. The van der Waals surface area contributed by atoms with Crippen molar-refractivity contribution in [1.82, 2.24) is 9.47 Å². The van der Waals surface area contributed by atoms with Gasteiger partial charge < -0.3 is 9.30 Å². The molecule has 1 fully saturated rings. The number of ether oxygens (including phenoxy) is 1. The molecular weight excluding hydrogens is 380 g/mol. The standard InChI is InChI=1S/C23H24N4O3/c1-3-26-22-12-16(2)18(15-25-8-10-30-11-9-25)13-20(22)21(14-24)23(26)17-4-6-19(7-5-17)27(28)29/h4-7,12-13H,3,8-11,15H2,1-2H3. The maximum atomic E-state index is 11.0. The predicted octanol–water partition coefficient (Wildman–Crippen LogP) is 4.25. The van der Waals surface area contributed by atoms with Crippen molar-refractivity contribution in [3.8, 4) is 17.3 Å². The normalized spacial score (nSPS) is 14.7. The molecule has 7 nitrogen and oxygen atoms in total. The predicted molar refractivity (Wildman–Crippen MR) is 115 cm³/mol. The number of nitro benzene ring substituents is 1. The van der Waals surface area contributed by atoms with Gasteiger partial charge in [-0.3, -0.25) is 15.0 Å². The van der Waals surface area contributed by atoms with Gasteiger partial charge in [0.2, 0.25) is 0 Å². The molecule has 0 saturated carbocycles.